The van der Waals surface area contributed by atoms with E-state index >= 15 is 0 Å². The summed E-state index contributed by atoms with van der Waals surface area (Å²) in [6, 6.07) is 8.48. The molecule has 0 saturated carbocycles. The lowest BCUT2D eigenvalue weighted by molar-refractivity contribution is 1.13. The molecule has 3 heteroatoms. The molecule has 0 radical (unpaired) electrons. The third-order valence-corrected chi connectivity index (χ3v) is 2.69. The Bertz CT molecular complexity index is 395. The van der Waals surface area contributed by atoms with E-state index in [1.54, 1.807) is 11.3 Å². The predicted octanol–water partition coefficient (Wildman–Crippen LogP) is 3.06. The molecule has 2 rings (SSSR count). The minimum Gasteiger partial charge on any atom is -0.357 e. The summed E-state index contributed by atoms with van der Waals surface area (Å²) in [6.07, 6.45) is 1.81. The average Bonchev–Trinajstić information content (AvgIpc) is 2.67. The van der Waals surface area contributed by atoms with E-state index in [4.69, 9.17) is 0 Å². The van der Waals surface area contributed by atoms with Gasteiger partial charge < -0.3 is 5.32 Å². The number of aromatic nitrogens is 1. The van der Waals surface area contributed by atoms with E-state index in [0.717, 1.165) is 11.7 Å². The Hall–Kier alpha value is -1.35. The maximum absolute atomic E-state index is 4.16. The zero-order chi connectivity index (χ0) is 9.80. The molecule has 1 aromatic carbocycles. The van der Waals surface area contributed by atoms with Crippen LogP contribution in [0.25, 0.3) is 0 Å². The van der Waals surface area contributed by atoms with Gasteiger partial charge in [0.2, 0.25) is 0 Å². The van der Waals surface area contributed by atoms with Gasteiger partial charge in [-0.3, -0.25) is 0 Å². The molecule has 72 valence electrons. The molecule has 0 amide bonds. The lowest BCUT2D eigenvalue weighted by atomic mass is 10.1. The summed E-state index contributed by atoms with van der Waals surface area (Å²) in [7, 11) is 0. The van der Waals surface area contributed by atoms with Gasteiger partial charge >= 0.3 is 0 Å². The highest BCUT2D eigenvalue weighted by Gasteiger charge is 1.95. The second kappa shape index (κ2) is 4.24. The summed E-state index contributed by atoms with van der Waals surface area (Å²) in [6.45, 7) is 2.95. The van der Waals surface area contributed by atoms with Gasteiger partial charge in [-0.2, -0.15) is 0 Å². The zero-order valence-electron chi connectivity index (χ0n) is 8.03. The van der Waals surface area contributed by atoms with Crippen molar-refractivity contribution >= 4 is 16.5 Å². The molecule has 0 aliphatic carbocycles. The van der Waals surface area contributed by atoms with Crippen molar-refractivity contribution in [1.29, 1.82) is 0 Å². The van der Waals surface area contributed by atoms with Crippen molar-refractivity contribution in [3.8, 4) is 0 Å². The summed E-state index contributed by atoms with van der Waals surface area (Å²) < 4.78 is 0. The maximum Gasteiger partial charge on any atom is 0.182 e. The molecular formula is C11H12N2S. The number of thiazole rings is 1. The molecule has 0 fully saturated rings. The van der Waals surface area contributed by atoms with Gasteiger partial charge in [0.15, 0.2) is 5.13 Å². The monoisotopic (exact) mass is 204 g/mol. The molecule has 2 nitrogen and oxygen atoms in total. The number of aryl methyl sites for hydroxylation is 1. The third-order valence-electron chi connectivity index (χ3n) is 1.96. The summed E-state index contributed by atoms with van der Waals surface area (Å²) >= 11 is 1.62. The number of nitrogens with one attached hydrogen (secondary N) is 1. The van der Waals surface area contributed by atoms with Crippen LogP contribution in [0.3, 0.4) is 0 Å². The van der Waals surface area contributed by atoms with Crippen LogP contribution in [0.15, 0.2) is 35.8 Å². The highest BCUT2D eigenvalue weighted by molar-refractivity contribution is 7.13. The van der Waals surface area contributed by atoms with Gasteiger partial charge in [-0.25, -0.2) is 4.98 Å². The van der Waals surface area contributed by atoms with Crippen LogP contribution in [0.4, 0.5) is 5.13 Å². The summed E-state index contributed by atoms with van der Waals surface area (Å²) in [5, 5.41) is 6.22. The van der Waals surface area contributed by atoms with E-state index < -0.39 is 0 Å². The molecule has 0 aliphatic rings. The first-order chi connectivity index (χ1) is 6.84. The van der Waals surface area contributed by atoms with Crippen LogP contribution in [0, 0.1) is 6.92 Å². The molecular weight excluding hydrogens is 192 g/mol. The van der Waals surface area contributed by atoms with Gasteiger partial charge in [-0.1, -0.05) is 29.8 Å². The molecule has 0 atom stereocenters. The minimum atomic E-state index is 0.842. The predicted molar refractivity (Wildman–Crippen MR) is 60.6 cm³/mol. The lowest BCUT2D eigenvalue weighted by Gasteiger charge is -2.03. The van der Waals surface area contributed by atoms with Crippen molar-refractivity contribution in [3.63, 3.8) is 0 Å². The van der Waals surface area contributed by atoms with E-state index in [-0.39, 0.29) is 0 Å². The number of benzene rings is 1. The van der Waals surface area contributed by atoms with Crippen LogP contribution in [-0.2, 0) is 6.54 Å². The highest BCUT2D eigenvalue weighted by Crippen LogP contribution is 2.12. The third kappa shape index (κ3) is 2.33. The fourth-order valence-electron chi connectivity index (χ4n) is 1.31. The SMILES string of the molecule is Cc1cccc(CNc2nccs2)c1. The Morgan fingerprint density at radius 1 is 1.43 bits per heavy atom. The van der Waals surface area contributed by atoms with E-state index in [0.29, 0.717) is 0 Å². The number of hydrogen-bond donors (Lipinski definition) is 1. The first-order valence-electron chi connectivity index (χ1n) is 4.53. The van der Waals surface area contributed by atoms with E-state index in [1.165, 1.54) is 11.1 Å². The van der Waals surface area contributed by atoms with Crippen molar-refractivity contribution in [3.05, 3.63) is 47.0 Å². The Kier molecular flexibility index (Phi) is 2.79. The van der Waals surface area contributed by atoms with E-state index in [1.807, 2.05) is 11.6 Å². The largest absolute Gasteiger partial charge is 0.357 e. The normalized spacial score (nSPS) is 10.1. The van der Waals surface area contributed by atoms with Gasteiger partial charge in [0.1, 0.15) is 0 Å². The molecule has 0 bridgehead atoms. The van der Waals surface area contributed by atoms with Gasteiger partial charge in [-0.15, -0.1) is 11.3 Å². The Balaban J connectivity index is 1.98. The summed E-state index contributed by atoms with van der Waals surface area (Å²) in [5.74, 6) is 0. The van der Waals surface area contributed by atoms with Crippen molar-refractivity contribution in [2.45, 2.75) is 13.5 Å². The molecule has 0 unspecified atom stereocenters. The Labute approximate surface area is 87.6 Å². The number of rotatable bonds is 3. The summed E-state index contributed by atoms with van der Waals surface area (Å²) in [5.41, 5.74) is 2.59. The topological polar surface area (TPSA) is 24.9 Å². The quantitative estimate of drug-likeness (QED) is 0.831. The average molecular weight is 204 g/mol. The zero-order valence-corrected chi connectivity index (χ0v) is 8.84. The molecule has 1 heterocycles. The smallest absolute Gasteiger partial charge is 0.182 e. The van der Waals surface area contributed by atoms with Crippen molar-refractivity contribution < 1.29 is 0 Å². The first-order valence-corrected chi connectivity index (χ1v) is 5.41. The molecule has 0 spiro atoms. The van der Waals surface area contributed by atoms with Crippen LogP contribution in [-0.4, -0.2) is 4.98 Å². The summed E-state index contributed by atoms with van der Waals surface area (Å²) in [4.78, 5) is 4.16. The van der Waals surface area contributed by atoms with Crippen LogP contribution in [0.2, 0.25) is 0 Å². The first kappa shape index (κ1) is 9.21. The molecule has 14 heavy (non-hydrogen) atoms. The number of hydrogen-bond acceptors (Lipinski definition) is 3. The number of nitrogens with zero attached hydrogens (tertiary/aromatic N) is 1. The van der Waals surface area contributed by atoms with Crippen LogP contribution >= 0.6 is 11.3 Å². The molecule has 1 N–H and O–H groups in total. The van der Waals surface area contributed by atoms with Crippen molar-refractivity contribution in [2.24, 2.45) is 0 Å². The van der Waals surface area contributed by atoms with Gasteiger partial charge in [-0.05, 0) is 12.5 Å². The maximum atomic E-state index is 4.16. The molecule has 1 aromatic heterocycles. The fourth-order valence-corrected chi connectivity index (χ4v) is 1.84. The van der Waals surface area contributed by atoms with E-state index in [9.17, 15) is 0 Å². The minimum absolute atomic E-state index is 0.842. The highest BCUT2D eigenvalue weighted by atomic mass is 32.1. The van der Waals surface area contributed by atoms with Gasteiger partial charge in [0, 0.05) is 18.1 Å². The Morgan fingerprint density at radius 3 is 3.07 bits per heavy atom. The second-order valence-electron chi connectivity index (χ2n) is 3.18. The standard InChI is InChI=1S/C11H12N2S/c1-9-3-2-4-10(7-9)8-13-11-12-5-6-14-11/h2-7H,8H2,1H3,(H,12,13). The van der Waals surface area contributed by atoms with Gasteiger partial charge in [0.05, 0.1) is 0 Å². The lowest BCUT2D eigenvalue weighted by Crippen LogP contribution is -1.98. The molecule has 0 aliphatic heterocycles. The van der Waals surface area contributed by atoms with Crippen molar-refractivity contribution in [2.75, 3.05) is 5.32 Å². The van der Waals surface area contributed by atoms with Crippen LogP contribution < -0.4 is 5.32 Å². The van der Waals surface area contributed by atoms with Crippen molar-refractivity contribution in [1.82, 2.24) is 4.98 Å². The van der Waals surface area contributed by atoms with E-state index in [2.05, 4.69) is 41.5 Å². The van der Waals surface area contributed by atoms with Crippen LogP contribution in [0.5, 0.6) is 0 Å². The number of anilines is 1. The van der Waals surface area contributed by atoms with Crippen LogP contribution in [0.1, 0.15) is 11.1 Å². The second-order valence-corrected chi connectivity index (χ2v) is 4.07. The fraction of sp³-hybridized carbons (Fsp3) is 0.182. The molecule has 0 saturated heterocycles. The van der Waals surface area contributed by atoms with Gasteiger partial charge in [0.25, 0.3) is 0 Å². The molecule has 2 aromatic rings. The Morgan fingerprint density at radius 2 is 2.36 bits per heavy atom.